The third-order valence-electron chi connectivity index (χ3n) is 5.71. The van der Waals surface area contributed by atoms with E-state index in [2.05, 4.69) is 25.1 Å². The van der Waals surface area contributed by atoms with Gasteiger partial charge in [-0.05, 0) is 37.1 Å². The minimum absolute atomic E-state index is 0.119. The summed E-state index contributed by atoms with van der Waals surface area (Å²) in [5, 5.41) is 12.6. The lowest BCUT2D eigenvalue weighted by Gasteiger charge is -2.11. The lowest BCUT2D eigenvalue weighted by molar-refractivity contribution is 0.0955. The van der Waals surface area contributed by atoms with E-state index in [0.29, 0.717) is 24.2 Å². The van der Waals surface area contributed by atoms with Gasteiger partial charge in [0, 0.05) is 37.5 Å². The van der Waals surface area contributed by atoms with E-state index >= 15 is 0 Å². The number of fused-ring (bicyclic) bond motifs is 2. The molecule has 1 amide bonds. The van der Waals surface area contributed by atoms with E-state index in [1.54, 1.807) is 6.20 Å². The number of carbonyl (C=O) groups excluding carboxylic acids is 1. The quantitative estimate of drug-likeness (QED) is 0.541. The Bertz CT molecular complexity index is 1220. The largest absolute Gasteiger partial charge is 0.352 e. The molecule has 4 heterocycles. The second-order valence-electron chi connectivity index (χ2n) is 7.79. The number of aryl methyl sites for hydroxylation is 1. The Balaban J connectivity index is 1.37. The molecular formula is C24H24N6O. The van der Waals surface area contributed by atoms with Gasteiger partial charge in [0.25, 0.3) is 5.91 Å². The summed E-state index contributed by atoms with van der Waals surface area (Å²) in [5.74, 6) is 1.90. The number of hydrogen-bond donors (Lipinski definition) is 1. The van der Waals surface area contributed by atoms with Crippen LogP contribution in [0.25, 0.3) is 22.3 Å². The molecule has 0 aliphatic carbocycles. The Morgan fingerprint density at radius 1 is 1.00 bits per heavy atom. The molecule has 1 aliphatic heterocycles. The molecule has 0 fully saturated rings. The summed E-state index contributed by atoms with van der Waals surface area (Å²) in [7, 11) is 0. The van der Waals surface area contributed by atoms with E-state index in [-0.39, 0.29) is 5.91 Å². The van der Waals surface area contributed by atoms with Crippen molar-refractivity contribution in [3.05, 3.63) is 71.9 Å². The summed E-state index contributed by atoms with van der Waals surface area (Å²) < 4.78 is 2.22. The molecule has 156 valence electrons. The molecule has 0 atom stereocenters. The standard InChI is InChI=1S/C24H24N6O/c31-24(26-14-12-23-29-28-22-11-2-1-7-15-30(22)23)18-16-21(20-10-5-6-13-25-20)27-19-9-4-3-8-17(18)19/h3-6,8-10,13,16H,1-2,7,11-12,14-15H2,(H,26,31). The van der Waals surface area contributed by atoms with Gasteiger partial charge in [-0.25, -0.2) is 4.98 Å². The maximum absolute atomic E-state index is 13.1. The van der Waals surface area contributed by atoms with Crippen LogP contribution in [-0.2, 0) is 19.4 Å². The normalized spacial score (nSPS) is 13.5. The predicted molar refractivity (Wildman–Crippen MR) is 119 cm³/mol. The number of pyridine rings is 2. The molecule has 7 heteroatoms. The first-order chi connectivity index (χ1) is 15.3. The number of nitrogens with zero attached hydrogens (tertiary/aromatic N) is 5. The van der Waals surface area contributed by atoms with E-state index in [1.807, 2.05) is 48.5 Å². The summed E-state index contributed by atoms with van der Waals surface area (Å²) in [4.78, 5) is 22.2. The Morgan fingerprint density at radius 2 is 1.90 bits per heavy atom. The number of benzene rings is 1. The average Bonchev–Trinajstić information content (AvgIpc) is 3.04. The second kappa shape index (κ2) is 8.63. The van der Waals surface area contributed by atoms with Gasteiger partial charge in [-0.1, -0.05) is 30.7 Å². The van der Waals surface area contributed by atoms with Crippen molar-refractivity contribution in [1.82, 2.24) is 30.0 Å². The van der Waals surface area contributed by atoms with E-state index < -0.39 is 0 Å². The molecule has 1 N–H and O–H groups in total. The number of aromatic nitrogens is 5. The zero-order valence-electron chi connectivity index (χ0n) is 17.3. The third-order valence-corrected chi connectivity index (χ3v) is 5.71. The Kier molecular flexibility index (Phi) is 5.39. The summed E-state index contributed by atoms with van der Waals surface area (Å²) in [6, 6.07) is 15.2. The molecule has 1 aliphatic rings. The highest BCUT2D eigenvalue weighted by Crippen LogP contribution is 2.23. The topological polar surface area (TPSA) is 85.6 Å². The van der Waals surface area contributed by atoms with Crippen LogP contribution in [0.4, 0.5) is 0 Å². The van der Waals surface area contributed by atoms with Crippen molar-refractivity contribution in [2.45, 2.75) is 38.6 Å². The number of nitrogens with one attached hydrogen (secondary N) is 1. The van der Waals surface area contributed by atoms with Crippen molar-refractivity contribution in [1.29, 1.82) is 0 Å². The third kappa shape index (κ3) is 4.03. The molecule has 0 unspecified atom stereocenters. The van der Waals surface area contributed by atoms with Crippen molar-refractivity contribution in [2.75, 3.05) is 6.54 Å². The fraction of sp³-hybridized carbons (Fsp3) is 0.292. The molecular weight excluding hydrogens is 388 g/mol. The van der Waals surface area contributed by atoms with Gasteiger partial charge in [-0.2, -0.15) is 0 Å². The van der Waals surface area contributed by atoms with Crippen LogP contribution in [0.15, 0.2) is 54.7 Å². The van der Waals surface area contributed by atoms with Crippen molar-refractivity contribution in [3.8, 4) is 11.4 Å². The van der Waals surface area contributed by atoms with Crippen LogP contribution in [0, 0.1) is 0 Å². The van der Waals surface area contributed by atoms with Crippen LogP contribution >= 0.6 is 0 Å². The first-order valence-corrected chi connectivity index (χ1v) is 10.8. The molecule has 5 rings (SSSR count). The smallest absolute Gasteiger partial charge is 0.252 e. The first-order valence-electron chi connectivity index (χ1n) is 10.8. The van der Waals surface area contributed by atoms with Crippen molar-refractivity contribution < 1.29 is 4.79 Å². The minimum atomic E-state index is -0.119. The Hall–Kier alpha value is -3.61. The van der Waals surface area contributed by atoms with E-state index in [9.17, 15) is 4.79 Å². The average molecular weight is 412 g/mol. The first kappa shape index (κ1) is 19.4. The number of carbonyl (C=O) groups is 1. The molecule has 0 radical (unpaired) electrons. The van der Waals surface area contributed by atoms with Gasteiger partial charge in [0.1, 0.15) is 11.6 Å². The van der Waals surface area contributed by atoms with Gasteiger partial charge in [0.2, 0.25) is 0 Å². The summed E-state index contributed by atoms with van der Waals surface area (Å²) in [6.45, 7) is 1.47. The lowest BCUT2D eigenvalue weighted by atomic mass is 10.1. The van der Waals surface area contributed by atoms with Crippen molar-refractivity contribution >= 4 is 16.8 Å². The molecule has 3 aromatic heterocycles. The monoisotopic (exact) mass is 412 g/mol. The highest BCUT2D eigenvalue weighted by atomic mass is 16.1. The van der Waals surface area contributed by atoms with Crippen LogP contribution in [0.1, 0.15) is 41.3 Å². The highest BCUT2D eigenvalue weighted by molar-refractivity contribution is 6.07. The van der Waals surface area contributed by atoms with Crippen LogP contribution < -0.4 is 5.32 Å². The summed E-state index contributed by atoms with van der Waals surface area (Å²) >= 11 is 0. The van der Waals surface area contributed by atoms with Gasteiger partial charge in [-0.15, -0.1) is 10.2 Å². The van der Waals surface area contributed by atoms with E-state index in [0.717, 1.165) is 47.6 Å². The molecule has 0 bridgehead atoms. The fourth-order valence-corrected chi connectivity index (χ4v) is 4.12. The zero-order chi connectivity index (χ0) is 21.0. The number of amides is 1. The predicted octanol–water partition coefficient (Wildman–Crippen LogP) is 3.59. The number of para-hydroxylation sites is 1. The molecule has 0 spiro atoms. The fourth-order valence-electron chi connectivity index (χ4n) is 4.12. The van der Waals surface area contributed by atoms with Gasteiger partial charge in [-0.3, -0.25) is 9.78 Å². The van der Waals surface area contributed by atoms with Gasteiger partial charge in [0.15, 0.2) is 0 Å². The second-order valence-corrected chi connectivity index (χ2v) is 7.79. The van der Waals surface area contributed by atoms with Crippen LogP contribution in [0.5, 0.6) is 0 Å². The number of rotatable bonds is 5. The SMILES string of the molecule is O=C(NCCc1nnc2n1CCCCC2)c1cc(-c2ccccn2)nc2ccccc12. The van der Waals surface area contributed by atoms with Crippen molar-refractivity contribution in [2.24, 2.45) is 0 Å². The summed E-state index contributed by atoms with van der Waals surface area (Å²) in [5.41, 5.74) is 2.81. The summed E-state index contributed by atoms with van der Waals surface area (Å²) in [6.07, 6.45) is 6.93. The van der Waals surface area contributed by atoms with E-state index in [4.69, 9.17) is 4.98 Å². The van der Waals surface area contributed by atoms with Gasteiger partial charge >= 0.3 is 0 Å². The molecule has 0 saturated carbocycles. The lowest BCUT2D eigenvalue weighted by Crippen LogP contribution is -2.27. The molecule has 7 nitrogen and oxygen atoms in total. The molecule has 0 saturated heterocycles. The van der Waals surface area contributed by atoms with Crippen LogP contribution in [0.3, 0.4) is 0 Å². The van der Waals surface area contributed by atoms with Gasteiger partial charge in [0.05, 0.1) is 22.5 Å². The minimum Gasteiger partial charge on any atom is -0.352 e. The zero-order valence-corrected chi connectivity index (χ0v) is 17.3. The maximum atomic E-state index is 13.1. The van der Waals surface area contributed by atoms with Gasteiger partial charge < -0.3 is 9.88 Å². The Labute approximate surface area is 180 Å². The molecule has 4 aromatic rings. The highest BCUT2D eigenvalue weighted by Gasteiger charge is 2.17. The number of hydrogen-bond acceptors (Lipinski definition) is 5. The Morgan fingerprint density at radius 3 is 2.81 bits per heavy atom. The molecule has 31 heavy (non-hydrogen) atoms. The van der Waals surface area contributed by atoms with Crippen LogP contribution in [0.2, 0.25) is 0 Å². The maximum Gasteiger partial charge on any atom is 0.252 e. The van der Waals surface area contributed by atoms with Crippen LogP contribution in [-0.4, -0.2) is 37.2 Å². The molecule has 1 aromatic carbocycles. The van der Waals surface area contributed by atoms with Crippen molar-refractivity contribution in [3.63, 3.8) is 0 Å². The van der Waals surface area contributed by atoms with E-state index in [1.165, 1.54) is 12.8 Å².